The Hall–Kier alpha value is -0.240. The molecule has 1 nitrogen and oxygen atoms in total. The largest absolute Gasteiger partial charge is 0.315 e. The minimum atomic E-state index is 0.374. The van der Waals surface area contributed by atoms with Crippen LogP contribution in [0.3, 0.4) is 0 Å². The molecule has 2 rings (SSSR count). The van der Waals surface area contributed by atoms with E-state index in [1.54, 1.807) is 0 Å². The number of rotatable bonds is 2. The summed E-state index contributed by atoms with van der Waals surface area (Å²) in [7, 11) is 0. The van der Waals surface area contributed by atoms with Crippen molar-refractivity contribution in [1.82, 2.24) is 5.32 Å². The molecule has 0 bridgehead atoms. The van der Waals surface area contributed by atoms with E-state index in [4.69, 9.17) is 23.2 Å². The van der Waals surface area contributed by atoms with Crippen LogP contribution in [0.2, 0.25) is 10.0 Å². The third-order valence-corrected chi connectivity index (χ3v) is 3.56. The van der Waals surface area contributed by atoms with Gasteiger partial charge in [-0.3, -0.25) is 0 Å². The van der Waals surface area contributed by atoms with Crippen LogP contribution in [0, 0.1) is 0 Å². The molecule has 1 N–H and O–H groups in total. The van der Waals surface area contributed by atoms with Crippen LogP contribution >= 0.6 is 23.2 Å². The van der Waals surface area contributed by atoms with E-state index < -0.39 is 0 Å². The first-order chi connectivity index (χ1) is 7.09. The predicted octanol–water partition coefficient (Wildman–Crippen LogP) is 3.80. The van der Waals surface area contributed by atoms with Crippen molar-refractivity contribution in [1.29, 1.82) is 0 Å². The van der Waals surface area contributed by atoms with Gasteiger partial charge in [-0.15, -0.1) is 0 Å². The summed E-state index contributed by atoms with van der Waals surface area (Å²) in [5, 5.41) is 4.86. The normalized spacial score (nSPS) is 16.9. The maximum atomic E-state index is 6.25. The molecule has 1 aliphatic rings. The van der Waals surface area contributed by atoms with Gasteiger partial charge in [0.05, 0.1) is 0 Å². The number of nitrogens with one attached hydrogen (secondary N) is 1. The van der Waals surface area contributed by atoms with Crippen LogP contribution in [-0.2, 0) is 0 Å². The Kier molecular flexibility index (Phi) is 3.24. The molecule has 1 fully saturated rings. The highest BCUT2D eigenvalue weighted by atomic mass is 35.5. The highest BCUT2D eigenvalue weighted by molar-refractivity contribution is 6.36. The molecule has 1 aromatic rings. The van der Waals surface area contributed by atoms with Gasteiger partial charge in [-0.1, -0.05) is 37.0 Å². The molecule has 0 spiro atoms. The van der Waals surface area contributed by atoms with Crippen LogP contribution in [-0.4, -0.2) is 13.1 Å². The van der Waals surface area contributed by atoms with Gasteiger partial charge in [0, 0.05) is 29.1 Å². The standard InChI is InChI=1S/C12H15Cl2N/c1-7(2)12-10(13)3-8(4-11(12)14)9-5-15-6-9/h3-4,7,9,15H,5-6H2,1-2H3. The first kappa shape index (κ1) is 11.3. The van der Waals surface area contributed by atoms with E-state index in [1.165, 1.54) is 5.56 Å². The average molecular weight is 244 g/mol. The zero-order chi connectivity index (χ0) is 11.0. The molecule has 82 valence electrons. The van der Waals surface area contributed by atoms with Crippen molar-refractivity contribution in [2.24, 2.45) is 0 Å². The Balaban J connectivity index is 2.37. The van der Waals surface area contributed by atoms with E-state index in [2.05, 4.69) is 31.3 Å². The van der Waals surface area contributed by atoms with Crippen molar-refractivity contribution in [3.63, 3.8) is 0 Å². The fraction of sp³-hybridized carbons (Fsp3) is 0.500. The molecule has 1 saturated heterocycles. The van der Waals surface area contributed by atoms with Crippen LogP contribution in [0.4, 0.5) is 0 Å². The maximum absolute atomic E-state index is 6.25. The Morgan fingerprint density at radius 2 is 1.73 bits per heavy atom. The summed E-state index contributed by atoms with van der Waals surface area (Å²) >= 11 is 12.5. The third kappa shape index (κ3) is 2.15. The van der Waals surface area contributed by atoms with E-state index >= 15 is 0 Å². The molecular weight excluding hydrogens is 229 g/mol. The highest BCUT2D eigenvalue weighted by Crippen LogP contribution is 2.35. The minimum absolute atomic E-state index is 0.374. The van der Waals surface area contributed by atoms with E-state index in [9.17, 15) is 0 Å². The lowest BCUT2D eigenvalue weighted by Gasteiger charge is -2.28. The molecule has 1 aliphatic heterocycles. The van der Waals surface area contributed by atoms with Crippen molar-refractivity contribution in [2.45, 2.75) is 25.7 Å². The van der Waals surface area contributed by atoms with Crippen molar-refractivity contribution in [3.05, 3.63) is 33.3 Å². The number of halogens is 2. The van der Waals surface area contributed by atoms with Gasteiger partial charge in [-0.25, -0.2) is 0 Å². The SMILES string of the molecule is CC(C)c1c(Cl)cc(C2CNC2)cc1Cl. The highest BCUT2D eigenvalue weighted by Gasteiger charge is 2.21. The number of hydrogen-bond acceptors (Lipinski definition) is 1. The van der Waals surface area contributed by atoms with Crippen molar-refractivity contribution >= 4 is 23.2 Å². The second-order valence-corrected chi connectivity index (χ2v) is 5.22. The number of benzene rings is 1. The fourth-order valence-corrected chi connectivity index (χ4v) is 2.86. The predicted molar refractivity (Wildman–Crippen MR) is 66.2 cm³/mol. The van der Waals surface area contributed by atoms with E-state index in [1.807, 2.05) is 0 Å². The first-order valence-corrected chi connectivity index (χ1v) is 6.04. The van der Waals surface area contributed by atoms with Gasteiger partial charge in [0.2, 0.25) is 0 Å². The molecule has 0 amide bonds. The lowest BCUT2D eigenvalue weighted by Crippen LogP contribution is -2.39. The van der Waals surface area contributed by atoms with Gasteiger partial charge in [0.15, 0.2) is 0 Å². The first-order valence-electron chi connectivity index (χ1n) is 5.29. The molecule has 0 radical (unpaired) electrons. The topological polar surface area (TPSA) is 12.0 Å². The van der Waals surface area contributed by atoms with Crippen LogP contribution in [0.25, 0.3) is 0 Å². The van der Waals surface area contributed by atoms with E-state index in [0.717, 1.165) is 28.7 Å². The molecule has 1 aromatic carbocycles. The smallest absolute Gasteiger partial charge is 0.0458 e. The van der Waals surface area contributed by atoms with Gasteiger partial charge in [0.1, 0.15) is 0 Å². The van der Waals surface area contributed by atoms with Crippen LogP contribution in [0.15, 0.2) is 12.1 Å². The monoisotopic (exact) mass is 243 g/mol. The van der Waals surface area contributed by atoms with Crippen LogP contribution in [0.1, 0.15) is 36.8 Å². The number of hydrogen-bond donors (Lipinski definition) is 1. The average Bonchev–Trinajstić information content (AvgIpc) is 1.97. The summed E-state index contributed by atoms with van der Waals surface area (Å²) < 4.78 is 0. The lowest BCUT2D eigenvalue weighted by molar-refractivity contribution is 0.448. The molecule has 3 heteroatoms. The molecule has 0 saturated carbocycles. The molecule has 0 aromatic heterocycles. The molecule has 0 atom stereocenters. The minimum Gasteiger partial charge on any atom is -0.315 e. The van der Waals surface area contributed by atoms with Crippen molar-refractivity contribution in [2.75, 3.05) is 13.1 Å². The second kappa shape index (κ2) is 4.32. The van der Waals surface area contributed by atoms with Crippen molar-refractivity contribution < 1.29 is 0 Å². The van der Waals surface area contributed by atoms with Gasteiger partial charge in [-0.2, -0.15) is 0 Å². The summed E-state index contributed by atoms with van der Waals surface area (Å²) in [6, 6.07) is 4.13. The van der Waals surface area contributed by atoms with Crippen molar-refractivity contribution in [3.8, 4) is 0 Å². The quantitative estimate of drug-likeness (QED) is 0.834. The van der Waals surface area contributed by atoms with Gasteiger partial charge in [-0.05, 0) is 29.2 Å². The second-order valence-electron chi connectivity index (χ2n) is 4.41. The van der Waals surface area contributed by atoms with Gasteiger partial charge >= 0.3 is 0 Å². The zero-order valence-corrected chi connectivity index (χ0v) is 10.5. The molecular formula is C12H15Cl2N. The third-order valence-electron chi connectivity index (χ3n) is 2.93. The summed E-state index contributed by atoms with van der Waals surface area (Å²) in [6.07, 6.45) is 0. The Morgan fingerprint density at radius 3 is 2.07 bits per heavy atom. The molecule has 0 aliphatic carbocycles. The van der Waals surface area contributed by atoms with Gasteiger partial charge < -0.3 is 5.32 Å². The molecule has 1 heterocycles. The molecule has 0 unspecified atom stereocenters. The summed E-state index contributed by atoms with van der Waals surface area (Å²) in [5.74, 6) is 0.958. The maximum Gasteiger partial charge on any atom is 0.0458 e. The zero-order valence-electron chi connectivity index (χ0n) is 8.98. The summed E-state index contributed by atoms with van der Waals surface area (Å²) in [6.45, 7) is 6.29. The molecule has 15 heavy (non-hydrogen) atoms. The summed E-state index contributed by atoms with van der Waals surface area (Å²) in [5.41, 5.74) is 2.32. The van der Waals surface area contributed by atoms with Gasteiger partial charge in [0.25, 0.3) is 0 Å². The van der Waals surface area contributed by atoms with E-state index in [0.29, 0.717) is 11.8 Å². The fourth-order valence-electron chi connectivity index (χ4n) is 1.92. The summed E-state index contributed by atoms with van der Waals surface area (Å²) in [4.78, 5) is 0. The Labute approximate surface area is 101 Å². The van der Waals surface area contributed by atoms with E-state index in [-0.39, 0.29) is 0 Å². The van der Waals surface area contributed by atoms with Crippen LogP contribution < -0.4 is 5.32 Å². The lowest BCUT2D eigenvalue weighted by atomic mass is 9.91. The van der Waals surface area contributed by atoms with Crippen LogP contribution in [0.5, 0.6) is 0 Å². The Bertz CT molecular complexity index is 347. The Morgan fingerprint density at radius 1 is 1.20 bits per heavy atom.